The summed E-state index contributed by atoms with van der Waals surface area (Å²) in [6.45, 7) is 13.0. The SMILES string of the molecule is CCC(N)Cc1c(C)nn(CCOCC(C)C)c1C. The number of aryl methyl sites for hydroxylation is 1. The summed E-state index contributed by atoms with van der Waals surface area (Å²) in [6.07, 6.45) is 1.92. The van der Waals surface area contributed by atoms with Crippen LogP contribution in [0, 0.1) is 19.8 Å². The van der Waals surface area contributed by atoms with Crippen molar-refractivity contribution in [3.8, 4) is 0 Å². The monoisotopic (exact) mass is 267 g/mol. The molecular formula is C15H29N3O. The second-order valence-corrected chi connectivity index (χ2v) is 5.71. The van der Waals surface area contributed by atoms with E-state index in [0.717, 1.165) is 38.3 Å². The maximum absolute atomic E-state index is 6.05. The molecule has 1 aromatic rings. The van der Waals surface area contributed by atoms with Crippen molar-refractivity contribution in [1.82, 2.24) is 9.78 Å². The lowest BCUT2D eigenvalue weighted by Gasteiger charge is -2.10. The molecule has 0 radical (unpaired) electrons. The molecule has 1 heterocycles. The Morgan fingerprint density at radius 2 is 2.00 bits per heavy atom. The smallest absolute Gasteiger partial charge is 0.0662 e. The Balaban J connectivity index is 2.58. The van der Waals surface area contributed by atoms with Crippen molar-refractivity contribution >= 4 is 0 Å². The fraction of sp³-hybridized carbons (Fsp3) is 0.800. The fourth-order valence-corrected chi connectivity index (χ4v) is 2.12. The Morgan fingerprint density at radius 1 is 1.32 bits per heavy atom. The van der Waals surface area contributed by atoms with Crippen molar-refractivity contribution in [3.05, 3.63) is 17.0 Å². The predicted molar refractivity (Wildman–Crippen MR) is 79.3 cm³/mol. The molecule has 0 amide bonds. The Hall–Kier alpha value is -0.870. The molecule has 0 bridgehead atoms. The summed E-state index contributed by atoms with van der Waals surface area (Å²) in [7, 11) is 0. The van der Waals surface area contributed by atoms with Gasteiger partial charge in [-0.1, -0.05) is 20.8 Å². The molecule has 1 atom stereocenters. The van der Waals surface area contributed by atoms with Gasteiger partial charge in [0.05, 0.1) is 18.8 Å². The average molecular weight is 267 g/mol. The number of hydrogen-bond donors (Lipinski definition) is 1. The summed E-state index contributed by atoms with van der Waals surface area (Å²) >= 11 is 0. The largest absolute Gasteiger partial charge is 0.379 e. The summed E-state index contributed by atoms with van der Waals surface area (Å²) in [4.78, 5) is 0. The molecule has 110 valence electrons. The van der Waals surface area contributed by atoms with Gasteiger partial charge in [-0.15, -0.1) is 0 Å². The molecule has 0 saturated carbocycles. The molecule has 0 spiro atoms. The van der Waals surface area contributed by atoms with E-state index in [1.165, 1.54) is 11.3 Å². The van der Waals surface area contributed by atoms with Crippen molar-refractivity contribution < 1.29 is 4.74 Å². The van der Waals surface area contributed by atoms with Gasteiger partial charge in [-0.05, 0) is 38.2 Å². The molecule has 0 aliphatic heterocycles. The Kier molecular flexibility index (Phi) is 6.52. The summed E-state index contributed by atoms with van der Waals surface area (Å²) in [5.74, 6) is 0.582. The van der Waals surface area contributed by atoms with E-state index < -0.39 is 0 Å². The maximum atomic E-state index is 6.05. The third kappa shape index (κ3) is 4.96. The van der Waals surface area contributed by atoms with Crippen LogP contribution in [0.3, 0.4) is 0 Å². The molecule has 0 fully saturated rings. The second kappa shape index (κ2) is 7.65. The van der Waals surface area contributed by atoms with Crippen molar-refractivity contribution in [2.24, 2.45) is 11.7 Å². The number of ether oxygens (including phenoxy) is 1. The highest BCUT2D eigenvalue weighted by atomic mass is 16.5. The summed E-state index contributed by atoms with van der Waals surface area (Å²) in [5, 5.41) is 4.60. The van der Waals surface area contributed by atoms with Crippen LogP contribution in [-0.4, -0.2) is 29.0 Å². The Morgan fingerprint density at radius 3 is 2.58 bits per heavy atom. The van der Waals surface area contributed by atoms with Crippen LogP contribution >= 0.6 is 0 Å². The van der Waals surface area contributed by atoms with E-state index in [9.17, 15) is 0 Å². The van der Waals surface area contributed by atoms with Crippen LogP contribution in [0.15, 0.2) is 0 Å². The van der Waals surface area contributed by atoms with Gasteiger partial charge in [-0.2, -0.15) is 5.10 Å². The zero-order valence-corrected chi connectivity index (χ0v) is 13.1. The molecule has 0 aromatic carbocycles. The van der Waals surface area contributed by atoms with E-state index in [-0.39, 0.29) is 6.04 Å². The lowest BCUT2D eigenvalue weighted by Crippen LogP contribution is -2.22. The summed E-state index contributed by atoms with van der Waals surface area (Å²) in [5.41, 5.74) is 9.68. The lowest BCUT2D eigenvalue weighted by molar-refractivity contribution is 0.100. The first-order valence-corrected chi connectivity index (χ1v) is 7.31. The van der Waals surface area contributed by atoms with Gasteiger partial charge in [-0.25, -0.2) is 0 Å². The highest BCUT2D eigenvalue weighted by molar-refractivity contribution is 5.25. The number of aromatic nitrogens is 2. The van der Waals surface area contributed by atoms with Crippen molar-refractivity contribution in [1.29, 1.82) is 0 Å². The third-order valence-electron chi connectivity index (χ3n) is 3.42. The topological polar surface area (TPSA) is 53.1 Å². The van der Waals surface area contributed by atoms with E-state index in [0.29, 0.717) is 5.92 Å². The molecule has 0 aliphatic carbocycles. The van der Waals surface area contributed by atoms with Gasteiger partial charge < -0.3 is 10.5 Å². The van der Waals surface area contributed by atoms with Gasteiger partial charge in [0.1, 0.15) is 0 Å². The fourth-order valence-electron chi connectivity index (χ4n) is 2.12. The minimum atomic E-state index is 0.229. The van der Waals surface area contributed by atoms with Crippen LogP contribution < -0.4 is 5.73 Å². The van der Waals surface area contributed by atoms with Gasteiger partial charge in [0.15, 0.2) is 0 Å². The molecule has 2 N–H and O–H groups in total. The number of nitrogens with zero attached hydrogens (tertiary/aromatic N) is 2. The van der Waals surface area contributed by atoms with Crippen molar-refractivity contribution in [3.63, 3.8) is 0 Å². The van der Waals surface area contributed by atoms with Gasteiger partial charge in [-0.3, -0.25) is 4.68 Å². The standard InChI is InChI=1S/C15H29N3O/c1-6-14(16)9-15-12(4)17-18(13(15)5)7-8-19-10-11(2)3/h11,14H,6-10,16H2,1-5H3. The van der Waals surface area contributed by atoms with E-state index in [4.69, 9.17) is 10.5 Å². The minimum absolute atomic E-state index is 0.229. The molecular weight excluding hydrogens is 238 g/mol. The van der Waals surface area contributed by atoms with Crippen LogP contribution in [0.4, 0.5) is 0 Å². The van der Waals surface area contributed by atoms with E-state index in [1.54, 1.807) is 0 Å². The minimum Gasteiger partial charge on any atom is -0.379 e. The van der Waals surface area contributed by atoms with Crippen LogP contribution in [-0.2, 0) is 17.7 Å². The van der Waals surface area contributed by atoms with Crippen molar-refractivity contribution in [2.75, 3.05) is 13.2 Å². The molecule has 4 heteroatoms. The molecule has 0 saturated heterocycles. The number of nitrogens with two attached hydrogens (primary N) is 1. The van der Waals surface area contributed by atoms with Crippen molar-refractivity contribution in [2.45, 2.75) is 60.0 Å². The summed E-state index contributed by atoms with van der Waals surface area (Å²) < 4.78 is 7.67. The summed E-state index contributed by atoms with van der Waals surface area (Å²) in [6, 6.07) is 0.229. The first-order chi connectivity index (χ1) is 8.95. The third-order valence-corrected chi connectivity index (χ3v) is 3.42. The van der Waals surface area contributed by atoms with Crippen LogP contribution in [0.2, 0.25) is 0 Å². The van der Waals surface area contributed by atoms with Crippen LogP contribution in [0.1, 0.15) is 44.1 Å². The normalized spacial score (nSPS) is 13.2. The highest BCUT2D eigenvalue weighted by Crippen LogP contribution is 2.15. The van der Waals surface area contributed by atoms with Gasteiger partial charge in [0.2, 0.25) is 0 Å². The van der Waals surface area contributed by atoms with Gasteiger partial charge in [0.25, 0.3) is 0 Å². The van der Waals surface area contributed by atoms with Crippen LogP contribution in [0.25, 0.3) is 0 Å². The van der Waals surface area contributed by atoms with E-state index in [1.807, 2.05) is 4.68 Å². The lowest BCUT2D eigenvalue weighted by atomic mass is 10.0. The van der Waals surface area contributed by atoms with Gasteiger partial charge >= 0.3 is 0 Å². The molecule has 1 aromatic heterocycles. The Labute approximate surface area is 117 Å². The maximum Gasteiger partial charge on any atom is 0.0662 e. The zero-order valence-electron chi connectivity index (χ0n) is 13.1. The molecule has 0 aliphatic rings. The molecule has 4 nitrogen and oxygen atoms in total. The first kappa shape index (κ1) is 16.2. The molecule has 1 unspecified atom stereocenters. The van der Waals surface area contributed by atoms with E-state index >= 15 is 0 Å². The second-order valence-electron chi connectivity index (χ2n) is 5.71. The first-order valence-electron chi connectivity index (χ1n) is 7.31. The van der Waals surface area contributed by atoms with Crippen LogP contribution in [0.5, 0.6) is 0 Å². The molecule has 19 heavy (non-hydrogen) atoms. The van der Waals surface area contributed by atoms with Gasteiger partial charge in [0, 0.05) is 18.3 Å². The predicted octanol–water partition coefficient (Wildman–Crippen LogP) is 2.45. The zero-order chi connectivity index (χ0) is 14.4. The molecule has 1 rings (SSSR count). The number of rotatable bonds is 8. The number of hydrogen-bond acceptors (Lipinski definition) is 3. The van der Waals surface area contributed by atoms with E-state index in [2.05, 4.69) is 39.7 Å². The average Bonchev–Trinajstić information content (AvgIpc) is 2.62. The Bertz CT molecular complexity index is 385. The quantitative estimate of drug-likeness (QED) is 0.736. The highest BCUT2D eigenvalue weighted by Gasteiger charge is 2.13.